The third-order valence-electron chi connectivity index (χ3n) is 4.86. The molecule has 0 atom stereocenters. The lowest BCUT2D eigenvalue weighted by Crippen LogP contribution is -2.38. The summed E-state index contributed by atoms with van der Waals surface area (Å²) in [4.78, 5) is 26.2. The largest absolute Gasteiger partial charge is 0.491 e. The number of nitrogens with one attached hydrogen (secondary N) is 1. The predicted molar refractivity (Wildman–Crippen MR) is 98.0 cm³/mol. The van der Waals surface area contributed by atoms with Crippen LogP contribution in [-0.2, 0) is 29.0 Å². The molecule has 7 heteroatoms. The van der Waals surface area contributed by atoms with Gasteiger partial charge in [-0.15, -0.1) is 0 Å². The standard InChI is InChI=1S/C19H19BN2O4/c1-12(23)21-17-4-2-3-14-7-8-22(19(24)18(14)17)10-13-5-6-15-11-26-20(25)16(15)9-13/h2-6,9,25H,7-8,10-11H2,1H3,(H,21,23). The van der Waals surface area contributed by atoms with Gasteiger partial charge in [-0.05, 0) is 34.6 Å². The zero-order valence-electron chi connectivity index (χ0n) is 14.5. The van der Waals surface area contributed by atoms with E-state index in [9.17, 15) is 14.6 Å². The Morgan fingerprint density at radius 1 is 1.31 bits per heavy atom. The number of carbonyl (C=O) groups is 2. The highest BCUT2D eigenvalue weighted by molar-refractivity contribution is 6.61. The average Bonchev–Trinajstić information content (AvgIpc) is 2.98. The van der Waals surface area contributed by atoms with Gasteiger partial charge in [-0.25, -0.2) is 0 Å². The number of rotatable bonds is 3. The van der Waals surface area contributed by atoms with Gasteiger partial charge in [0.1, 0.15) is 0 Å². The maximum Gasteiger partial charge on any atom is 0.491 e. The molecule has 0 saturated heterocycles. The molecule has 0 fully saturated rings. The van der Waals surface area contributed by atoms with Gasteiger partial charge >= 0.3 is 7.12 Å². The van der Waals surface area contributed by atoms with Crippen molar-refractivity contribution in [1.82, 2.24) is 4.90 Å². The molecular formula is C19H19BN2O4. The first kappa shape index (κ1) is 16.8. The summed E-state index contributed by atoms with van der Waals surface area (Å²) in [5, 5.41) is 12.6. The van der Waals surface area contributed by atoms with Gasteiger partial charge in [0.25, 0.3) is 5.91 Å². The molecule has 2 amide bonds. The molecule has 132 valence electrons. The molecule has 6 nitrogen and oxygen atoms in total. The molecule has 4 rings (SSSR count). The highest BCUT2D eigenvalue weighted by atomic mass is 16.5. The van der Waals surface area contributed by atoms with Crippen LogP contribution in [0.1, 0.15) is 34.0 Å². The van der Waals surface area contributed by atoms with Gasteiger partial charge in [0, 0.05) is 20.0 Å². The molecule has 2 heterocycles. The molecule has 0 bridgehead atoms. The number of hydrogen-bond donors (Lipinski definition) is 2. The zero-order chi connectivity index (χ0) is 18.3. The molecule has 2 aromatic carbocycles. The van der Waals surface area contributed by atoms with Gasteiger partial charge in [0.05, 0.1) is 17.9 Å². The fourth-order valence-electron chi connectivity index (χ4n) is 3.60. The lowest BCUT2D eigenvalue weighted by Gasteiger charge is -2.30. The van der Waals surface area contributed by atoms with Gasteiger partial charge in [0.15, 0.2) is 0 Å². The molecule has 2 aliphatic rings. The molecular weight excluding hydrogens is 331 g/mol. The lowest BCUT2D eigenvalue weighted by atomic mass is 9.79. The molecule has 0 aliphatic carbocycles. The second-order valence-electron chi connectivity index (χ2n) is 6.69. The minimum Gasteiger partial charge on any atom is -0.423 e. The summed E-state index contributed by atoms with van der Waals surface area (Å²) in [7, 11) is -0.894. The maximum atomic E-state index is 13.0. The molecule has 0 aromatic heterocycles. The van der Waals surface area contributed by atoms with Crippen molar-refractivity contribution in [3.63, 3.8) is 0 Å². The first-order valence-corrected chi connectivity index (χ1v) is 8.63. The summed E-state index contributed by atoms with van der Waals surface area (Å²) in [5.41, 5.74) is 4.77. The van der Waals surface area contributed by atoms with Crippen molar-refractivity contribution in [2.24, 2.45) is 0 Å². The number of anilines is 1. The minimum absolute atomic E-state index is 0.0899. The summed E-state index contributed by atoms with van der Waals surface area (Å²) in [6.45, 7) is 2.91. The van der Waals surface area contributed by atoms with Gasteiger partial charge in [-0.2, -0.15) is 0 Å². The Morgan fingerprint density at radius 3 is 2.96 bits per heavy atom. The Hall–Kier alpha value is -2.64. The SMILES string of the molecule is CC(=O)Nc1cccc2c1C(=O)N(Cc1ccc3c(c1)B(O)OC3)CC2. The highest BCUT2D eigenvalue weighted by Crippen LogP contribution is 2.27. The van der Waals surface area contributed by atoms with Crippen LogP contribution in [0.4, 0.5) is 5.69 Å². The Balaban J connectivity index is 1.60. The highest BCUT2D eigenvalue weighted by Gasteiger charge is 2.30. The summed E-state index contributed by atoms with van der Waals surface area (Å²) in [6, 6.07) is 11.3. The van der Waals surface area contributed by atoms with E-state index >= 15 is 0 Å². The van der Waals surface area contributed by atoms with Crippen molar-refractivity contribution in [3.8, 4) is 0 Å². The van der Waals surface area contributed by atoms with Crippen molar-refractivity contribution in [2.75, 3.05) is 11.9 Å². The summed E-state index contributed by atoms with van der Waals surface area (Å²) < 4.78 is 5.22. The van der Waals surface area contributed by atoms with E-state index in [1.165, 1.54) is 6.92 Å². The number of amides is 2. The maximum absolute atomic E-state index is 13.0. The molecule has 0 spiro atoms. The fraction of sp³-hybridized carbons (Fsp3) is 0.263. The lowest BCUT2D eigenvalue weighted by molar-refractivity contribution is -0.114. The molecule has 0 radical (unpaired) electrons. The van der Waals surface area contributed by atoms with E-state index in [0.29, 0.717) is 30.9 Å². The van der Waals surface area contributed by atoms with E-state index in [1.54, 1.807) is 11.0 Å². The third-order valence-corrected chi connectivity index (χ3v) is 4.86. The van der Waals surface area contributed by atoms with Crippen LogP contribution in [0.3, 0.4) is 0 Å². The van der Waals surface area contributed by atoms with Crippen LogP contribution < -0.4 is 10.8 Å². The number of benzene rings is 2. The van der Waals surface area contributed by atoms with Crippen LogP contribution in [0.2, 0.25) is 0 Å². The monoisotopic (exact) mass is 350 g/mol. The Morgan fingerprint density at radius 2 is 2.15 bits per heavy atom. The van der Waals surface area contributed by atoms with Gasteiger partial charge < -0.3 is 19.9 Å². The normalized spacial score (nSPS) is 15.7. The van der Waals surface area contributed by atoms with E-state index in [2.05, 4.69) is 5.32 Å². The van der Waals surface area contributed by atoms with Crippen LogP contribution in [0, 0.1) is 0 Å². The van der Waals surface area contributed by atoms with Gasteiger partial charge in [0.2, 0.25) is 5.91 Å². The smallest absolute Gasteiger partial charge is 0.423 e. The summed E-state index contributed by atoms with van der Waals surface area (Å²) in [6.07, 6.45) is 0.741. The number of hydrogen-bond acceptors (Lipinski definition) is 4. The van der Waals surface area contributed by atoms with E-state index in [1.807, 2.05) is 30.3 Å². The Bertz CT molecular complexity index is 899. The Kier molecular flexibility index (Phi) is 4.26. The average molecular weight is 350 g/mol. The van der Waals surface area contributed by atoms with Crippen molar-refractivity contribution in [3.05, 3.63) is 58.7 Å². The number of fused-ring (bicyclic) bond motifs is 2. The third kappa shape index (κ3) is 3.00. The topological polar surface area (TPSA) is 78.9 Å². The quantitative estimate of drug-likeness (QED) is 0.812. The predicted octanol–water partition coefficient (Wildman–Crippen LogP) is 1.06. The van der Waals surface area contributed by atoms with Crippen molar-refractivity contribution < 1.29 is 19.3 Å². The molecule has 2 aromatic rings. The fourth-order valence-corrected chi connectivity index (χ4v) is 3.60. The van der Waals surface area contributed by atoms with Gasteiger partial charge in [-0.1, -0.05) is 30.3 Å². The van der Waals surface area contributed by atoms with Crippen molar-refractivity contribution >= 4 is 30.1 Å². The van der Waals surface area contributed by atoms with Crippen molar-refractivity contribution in [2.45, 2.75) is 26.5 Å². The van der Waals surface area contributed by atoms with Crippen molar-refractivity contribution in [1.29, 1.82) is 0 Å². The zero-order valence-corrected chi connectivity index (χ0v) is 14.5. The summed E-state index contributed by atoms with van der Waals surface area (Å²) in [5.74, 6) is -0.288. The summed E-state index contributed by atoms with van der Waals surface area (Å²) >= 11 is 0. The van der Waals surface area contributed by atoms with E-state index < -0.39 is 7.12 Å². The first-order valence-electron chi connectivity index (χ1n) is 8.63. The minimum atomic E-state index is -0.894. The molecule has 0 saturated carbocycles. The Labute approximate surface area is 151 Å². The molecule has 26 heavy (non-hydrogen) atoms. The van der Waals surface area contributed by atoms with E-state index in [0.717, 1.165) is 28.6 Å². The number of nitrogens with zero attached hydrogens (tertiary/aromatic N) is 1. The van der Waals surface area contributed by atoms with E-state index in [4.69, 9.17) is 4.65 Å². The van der Waals surface area contributed by atoms with Crippen LogP contribution in [0.5, 0.6) is 0 Å². The van der Waals surface area contributed by atoms with E-state index in [-0.39, 0.29) is 11.8 Å². The van der Waals surface area contributed by atoms with Crippen LogP contribution >= 0.6 is 0 Å². The van der Waals surface area contributed by atoms with Crippen LogP contribution in [-0.4, -0.2) is 35.4 Å². The molecule has 0 unspecified atom stereocenters. The second-order valence-corrected chi connectivity index (χ2v) is 6.69. The van der Waals surface area contributed by atoms with Crippen LogP contribution in [0.25, 0.3) is 0 Å². The number of carbonyl (C=O) groups excluding carboxylic acids is 2. The second kappa shape index (κ2) is 6.59. The first-order chi connectivity index (χ1) is 12.5. The van der Waals surface area contributed by atoms with Crippen LogP contribution in [0.15, 0.2) is 36.4 Å². The molecule has 2 aliphatic heterocycles. The molecule has 2 N–H and O–H groups in total. The van der Waals surface area contributed by atoms with Gasteiger partial charge in [-0.3, -0.25) is 9.59 Å².